The molecule has 24 heavy (non-hydrogen) atoms. The summed E-state index contributed by atoms with van der Waals surface area (Å²) in [6.45, 7) is 2.11. The van der Waals surface area contributed by atoms with Gasteiger partial charge >= 0.3 is 0 Å². The van der Waals surface area contributed by atoms with Crippen molar-refractivity contribution in [1.82, 2.24) is 4.57 Å². The van der Waals surface area contributed by atoms with Crippen LogP contribution in [-0.2, 0) is 0 Å². The Morgan fingerprint density at radius 3 is 1.88 bits per heavy atom. The Morgan fingerprint density at radius 1 is 0.667 bits per heavy atom. The van der Waals surface area contributed by atoms with Gasteiger partial charge in [-0.1, -0.05) is 78.4 Å². The highest BCUT2D eigenvalue weighted by molar-refractivity contribution is 6.09. The van der Waals surface area contributed by atoms with Gasteiger partial charge in [0.1, 0.15) is 0 Å². The maximum absolute atomic E-state index is 2.25. The van der Waals surface area contributed by atoms with Crippen molar-refractivity contribution in [2.24, 2.45) is 0 Å². The zero-order valence-electron chi connectivity index (χ0n) is 13.7. The van der Waals surface area contributed by atoms with Crippen LogP contribution in [0, 0.1) is 6.92 Å². The lowest BCUT2D eigenvalue weighted by Crippen LogP contribution is -1.84. The second-order valence-corrected chi connectivity index (χ2v) is 6.02. The molecule has 0 unspecified atom stereocenters. The van der Waals surface area contributed by atoms with E-state index in [2.05, 4.69) is 109 Å². The van der Waals surface area contributed by atoms with Gasteiger partial charge in [0.2, 0.25) is 0 Å². The van der Waals surface area contributed by atoms with Crippen molar-refractivity contribution in [2.75, 3.05) is 0 Å². The van der Waals surface area contributed by atoms with Gasteiger partial charge in [0.25, 0.3) is 0 Å². The zero-order valence-corrected chi connectivity index (χ0v) is 13.7. The van der Waals surface area contributed by atoms with Gasteiger partial charge in [0, 0.05) is 17.0 Å². The molecule has 0 N–H and O–H groups in total. The van der Waals surface area contributed by atoms with Crippen molar-refractivity contribution in [3.05, 3.63) is 96.1 Å². The largest absolute Gasteiger partial charge is 0.316 e. The second kappa shape index (κ2) is 6.21. The highest BCUT2D eigenvalue weighted by atomic mass is 14.9. The maximum atomic E-state index is 2.25. The molecular formula is C23H19N. The first-order chi connectivity index (χ1) is 11.8. The Bertz CT molecular complexity index is 993. The van der Waals surface area contributed by atoms with E-state index in [1.54, 1.807) is 0 Å². The van der Waals surface area contributed by atoms with E-state index < -0.39 is 0 Å². The number of fused-ring (bicyclic) bond motifs is 3. The van der Waals surface area contributed by atoms with Crippen LogP contribution in [0.5, 0.6) is 0 Å². The first kappa shape index (κ1) is 14.5. The minimum Gasteiger partial charge on any atom is -0.316 e. The average Bonchev–Trinajstić information content (AvgIpc) is 2.95. The Kier molecular flexibility index (Phi) is 3.76. The molecule has 1 nitrogen and oxygen atoms in total. The Labute approximate surface area is 142 Å². The van der Waals surface area contributed by atoms with Crippen molar-refractivity contribution in [3.63, 3.8) is 0 Å². The highest BCUT2D eigenvalue weighted by Gasteiger charge is 2.06. The van der Waals surface area contributed by atoms with Crippen molar-refractivity contribution >= 4 is 34.1 Å². The van der Waals surface area contributed by atoms with E-state index in [0.29, 0.717) is 0 Å². The van der Waals surface area contributed by atoms with E-state index >= 15 is 0 Å². The number of rotatable bonds is 3. The summed E-state index contributed by atoms with van der Waals surface area (Å²) in [6, 6.07) is 25.6. The van der Waals surface area contributed by atoms with Crippen LogP contribution in [0.1, 0.15) is 11.1 Å². The molecular weight excluding hydrogens is 290 g/mol. The van der Waals surface area contributed by atoms with E-state index in [1.807, 2.05) is 0 Å². The number of aryl methyl sites for hydroxylation is 1. The van der Waals surface area contributed by atoms with Crippen LogP contribution in [0.25, 0.3) is 34.1 Å². The molecule has 0 aliphatic carbocycles. The van der Waals surface area contributed by atoms with Crippen LogP contribution in [0.15, 0.2) is 84.9 Å². The average molecular weight is 309 g/mol. The molecule has 0 saturated heterocycles. The number of aromatic nitrogens is 1. The lowest BCUT2D eigenvalue weighted by Gasteiger charge is -1.99. The molecule has 3 aromatic carbocycles. The Balaban J connectivity index is 1.72. The van der Waals surface area contributed by atoms with Gasteiger partial charge in [-0.25, -0.2) is 0 Å². The fraction of sp³-hybridized carbons (Fsp3) is 0.0435. The summed E-state index contributed by atoms with van der Waals surface area (Å²) in [6.07, 6.45) is 8.45. The van der Waals surface area contributed by atoms with Crippen LogP contribution in [0.2, 0.25) is 0 Å². The van der Waals surface area contributed by atoms with Crippen LogP contribution in [0.4, 0.5) is 0 Å². The number of allylic oxidation sites excluding steroid dienone is 2. The van der Waals surface area contributed by atoms with E-state index in [4.69, 9.17) is 0 Å². The predicted molar refractivity (Wildman–Crippen MR) is 105 cm³/mol. The van der Waals surface area contributed by atoms with Gasteiger partial charge in [-0.05, 0) is 30.7 Å². The summed E-state index contributed by atoms with van der Waals surface area (Å²) in [5.74, 6) is 0. The first-order valence-electron chi connectivity index (χ1n) is 8.22. The molecule has 0 fully saturated rings. The summed E-state index contributed by atoms with van der Waals surface area (Å²) in [5, 5.41) is 2.58. The maximum Gasteiger partial charge on any atom is 0.0534 e. The molecule has 0 saturated carbocycles. The molecule has 0 spiro atoms. The van der Waals surface area contributed by atoms with Crippen LogP contribution in [0.3, 0.4) is 0 Å². The lowest BCUT2D eigenvalue weighted by atomic mass is 10.1. The molecule has 0 amide bonds. The fourth-order valence-corrected chi connectivity index (χ4v) is 3.09. The Hall–Kier alpha value is -3.06. The second-order valence-electron chi connectivity index (χ2n) is 6.02. The SMILES string of the molecule is Cc1ccc(/C=C/C=C/n2c3ccccc3c3ccccc32)cc1. The van der Waals surface area contributed by atoms with Crippen LogP contribution < -0.4 is 0 Å². The van der Waals surface area contributed by atoms with E-state index in [9.17, 15) is 0 Å². The molecule has 0 atom stereocenters. The quantitative estimate of drug-likeness (QED) is 0.392. The van der Waals surface area contributed by atoms with Crippen LogP contribution >= 0.6 is 0 Å². The zero-order chi connectivity index (χ0) is 16.4. The first-order valence-corrected chi connectivity index (χ1v) is 8.22. The van der Waals surface area contributed by atoms with Crippen molar-refractivity contribution < 1.29 is 0 Å². The monoisotopic (exact) mass is 309 g/mol. The summed E-state index contributed by atoms with van der Waals surface area (Å²) in [7, 11) is 0. The topological polar surface area (TPSA) is 4.93 Å². The van der Waals surface area contributed by atoms with Gasteiger partial charge in [-0.3, -0.25) is 0 Å². The molecule has 116 valence electrons. The fourth-order valence-electron chi connectivity index (χ4n) is 3.09. The minimum absolute atomic E-state index is 1.22. The number of nitrogens with zero attached hydrogens (tertiary/aromatic N) is 1. The molecule has 4 rings (SSSR count). The third-order valence-electron chi connectivity index (χ3n) is 4.33. The van der Waals surface area contributed by atoms with E-state index in [-0.39, 0.29) is 0 Å². The molecule has 0 bridgehead atoms. The Morgan fingerprint density at radius 2 is 1.25 bits per heavy atom. The van der Waals surface area contributed by atoms with Crippen LogP contribution in [-0.4, -0.2) is 4.57 Å². The lowest BCUT2D eigenvalue weighted by molar-refractivity contribution is 1.29. The predicted octanol–water partition coefficient (Wildman–Crippen LogP) is 6.29. The number of para-hydroxylation sites is 2. The normalized spacial score (nSPS) is 12.0. The summed E-state index contributed by atoms with van der Waals surface area (Å²) in [4.78, 5) is 0. The van der Waals surface area contributed by atoms with Gasteiger partial charge in [-0.15, -0.1) is 0 Å². The summed E-state index contributed by atoms with van der Waals surface area (Å²) in [5.41, 5.74) is 4.97. The molecule has 0 radical (unpaired) electrons. The molecule has 0 aliphatic heterocycles. The van der Waals surface area contributed by atoms with Gasteiger partial charge < -0.3 is 4.57 Å². The smallest absolute Gasteiger partial charge is 0.0534 e. The molecule has 1 aromatic heterocycles. The summed E-state index contributed by atoms with van der Waals surface area (Å²) < 4.78 is 2.25. The molecule has 1 heterocycles. The number of hydrogen-bond donors (Lipinski definition) is 0. The van der Waals surface area contributed by atoms with Gasteiger partial charge in [-0.2, -0.15) is 0 Å². The van der Waals surface area contributed by atoms with E-state index in [1.165, 1.54) is 32.9 Å². The highest BCUT2D eigenvalue weighted by Crippen LogP contribution is 2.28. The third-order valence-corrected chi connectivity index (χ3v) is 4.33. The number of benzene rings is 3. The van der Waals surface area contributed by atoms with E-state index in [0.717, 1.165) is 0 Å². The molecule has 1 heteroatoms. The van der Waals surface area contributed by atoms with Crippen molar-refractivity contribution in [3.8, 4) is 0 Å². The standard InChI is InChI=1S/C23H19N/c1-18-13-15-19(16-14-18)8-6-7-17-24-22-11-4-2-9-20(22)21-10-3-5-12-23(21)24/h2-17H,1H3/b8-6+,17-7+. The van der Waals surface area contributed by atoms with Gasteiger partial charge in [0.05, 0.1) is 11.0 Å². The molecule has 0 aliphatic rings. The van der Waals surface area contributed by atoms with Gasteiger partial charge in [0.15, 0.2) is 0 Å². The number of hydrogen-bond acceptors (Lipinski definition) is 0. The minimum atomic E-state index is 1.22. The molecule has 4 aromatic rings. The third kappa shape index (κ3) is 2.65. The van der Waals surface area contributed by atoms with Crippen molar-refractivity contribution in [2.45, 2.75) is 6.92 Å². The van der Waals surface area contributed by atoms with Crippen molar-refractivity contribution in [1.29, 1.82) is 0 Å². The summed E-state index contributed by atoms with van der Waals surface area (Å²) >= 11 is 0.